The fourth-order valence-electron chi connectivity index (χ4n) is 1.75. The first-order chi connectivity index (χ1) is 9.08. The molecule has 0 unspecified atom stereocenters. The fourth-order valence-corrected chi connectivity index (χ4v) is 2.11. The highest BCUT2D eigenvalue weighted by Gasteiger charge is 2.14. The van der Waals surface area contributed by atoms with Gasteiger partial charge in [0.25, 0.3) is 0 Å². The zero-order chi connectivity index (χ0) is 13.8. The SMILES string of the molecule is CC(=O)Nc1ccc(Br)cc1C(=O)c1ccccc1. The molecule has 2 aromatic carbocycles. The second-order valence-corrected chi connectivity index (χ2v) is 4.98. The van der Waals surface area contributed by atoms with Gasteiger partial charge in [-0.15, -0.1) is 0 Å². The molecule has 0 bridgehead atoms. The molecular formula is C15H12BrNO2. The van der Waals surface area contributed by atoms with Gasteiger partial charge in [-0.05, 0) is 18.2 Å². The normalized spacial score (nSPS) is 10.0. The average molecular weight is 318 g/mol. The van der Waals surface area contributed by atoms with E-state index in [0.717, 1.165) is 4.47 Å². The summed E-state index contributed by atoms with van der Waals surface area (Å²) in [4.78, 5) is 23.6. The molecule has 0 atom stereocenters. The Balaban J connectivity index is 2.45. The van der Waals surface area contributed by atoms with E-state index in [-0.39, 0.29) is 11.7 Å². The van der Waals surface area contributed by atoms with E-state index < -0.39 is 0 Å². The van der Waals surface area contributed by atoms with Gasteiger partial charge in [-0.2, -0.15) is 0 Å². The van der Waals surface area contributed by atoms with E-state index in [2.05, 4.69) is 21.2 Å². The predicted molar refractivity (Wildman–Crippen MR) is 78.3 cm³/mol. The molecule has 0 heterocycles. The topological polar surface area (TPSA) is 46.2 Å². The molecule has 2 rings (SSSR count). The van der Waals surface area contributed by atoms with Crippen molar-refractivity contribution in [2.75, 3.05) is 5.32 Å². The van der Waals surface area contributed by atoms with Crippen LogP contribution < -0.4 is 5.32 Å². The van der Waals surface area contributed by atoms with Gasteiger partial charge in [0.05, 0.1) is 5.69 Å². The van der Waals surface area contributed by atoms with Crippen molar-refractivity contribution in [1.82, 2.24) is 0 Å². The molecule has 0 spiro atoms. The van der Waals surface area contributed by atoms with Gasteiger partial charge in [0.1, 0.15) is 0 Å². The molecule has 0 fully saturated rings. The number of carbonyl (C=O) groups excluding carboxylic acids is 2. The maximum Gasteiger partial charge on any atom is 0.221 e. The van der Waals surface area contributed by atoms with Crippen LogP contribution in [0.15, 0.2) is 53.0 Å². The van der Waals surface area contributed by atoms with Crippen LogP contribution in [0.4, 0.5) is 5.69 Å². The lowest BCUT2D eigenvalue weighted by Crippen LogP contribution is -2.11. The number of ketones is 1. The highest BCUT2D eigenvalue weighted by atomic mass is 79.9. The molecule has 0 saturated heterocycles. The second-order valence-electron chi connectivity index (χ2n) is 4.07. The number of hydrogen-bond acceptors (Lipinski definition) is 2. The minimum Gasteiger partial charge on any atom is -0.326 e. The van der Waals surface area contributed by atoms with Gasteiger partial charge in [-0.1, -0.05) is 46.3 Å². The fraction of sp³-hybridized carbons (Fsp3) is 0.0667. The van der Waals surface area contributed by atoms with Crippen LogP contribution in [0.5, 0.6) is 0 Å². The van der Waals surface area contributed by atoms with Crippen molar-refractivity contribution in [2.45, 2.75) is 6.92 Å². The molecule has 0 aliphatic rings. The number of hydrogen-bond donors (Lipinski definition) is 1. The number of halogens is 1. The number of nitrogens with one attached hydrogen (secondary N) is 1. The van der Waals surface area contributed by atoms with Gasteiger partial charge in [-0.25, -0.2) is 0 Å². The molecule has 1 amide bonds. The summed E-state index contributed by atoms with van der Waals surface area (Å²) in [7, 11) is 0. The number of benzene rings is 2. The molecule has 19 heavy (non-hydrogen) atoms. The summed E-state index contributed by atoms with van der Waals surface area (Å²) in [6.45, 7) is 1.42. The third kappa shape index (κ3) is 3.29. The van der Waals surface area contributed by atoms with Crippen molar-refractivity contribution in [3.63, 3.8) is 0 Å². The molecule has 0 saturated carbocycles. The minimum absolute atomic E-state index is 0.120. The Morgan fingerprint density at radius 2 is 1.74 bits per heavy atom. The summed E-state index contributed by atoms with van der Waals surface area (Å²) in [5, 5.41) is 2.67. The first-order valence-electron chi connectivity index (χ1n) is 5.75. The first kappa shape index (κ1) is 13.5. The molecule has 4 heteroatoms. The van der Waals surface area contributed by atoms with Crippen molar-refractivity contribution in [2.24, 2.45) is 0 Å². The molecule has 0 radical (unpaired) electrons. The van der Waals surface area contributed by atoms with Crippen LogP contribution in [0, 0.1) is 0 Å². The quantitative estimate of drug-likeness (QED) is 0.878. The number of anilines is 1. The van der Waals surface area contributed by atoms with Crippen LogP contribution >= 0.6 is 15.9 Å². The lowest BCUT2D eigenvalue weighted by molar-refractivity contribution is -0.114. The van der Waals surface area contributed by atoms with E-state index in [9.17, 15) is 9.59 Å². The Bertz CT molecular complexity index is 623. The zero-order valence-corrected chi connectivity index (χ0v) is 11.9. The lowest BCUT2D eigenvalue weighted by atomic mass is 10.0. The van der Waals surface area contributed by atoms with Gasteiger partial charge in [0, 0.05) is 22.5 Å². The van der Waals surface area contributed by atoms with Crippen LogP contribution in [-0.2, 0) is 4.79 Å². The van der Waals surface area contributed by atoms with Crippen LogP contribution in [0.1, 0.15) is 22.8 Å². The first-order valence-corrected chi connectivity index (χ1v) is 6.54. The Kier molecular flexibility index (Phi) is 4.12. The molecule has 3 nitrogen and oxygen atoms in total. The van der Waals surface area contributed by atoms with Gasteiger partial charge < -0.3 is 5.32 Å². The molecule has 0 aromatic heterocycles. The highest BCUT2D eigenvalue weighted by Crippen LogP contribution is 2.23. The second kappa shape index (κ2) is 5.80. The predicted octanol–water partition coefficient (Wildman–Crippen LogP) is 3.64. The van der Waals surface area contributed by atoms with E-state index in [1.165, 1.54) is 6.92 Å². The third-order valence-corrected chi connectivity index (χ3v) is 3.07. The van der Waals surface area contributed by atoms with Crippen molar-refractivity contribution < 1.29 is 9.59 Å². The Labute approximate surface area is 119 Å². The van der Waals surface area contributed by atoms with Crippen LogP contribution in [0.2, 0.25) is 0 Å². The van der Waals surface area contributed by atoms with E-state index in [4.69, 9.17) is 0 Å². The summed E-state index contributed by atoms with van der Waals surface area (Å²) in [6, 6.07) is 14.2. The number of amides is 1. The van der Waals surface area contributed by atoms with E-state index in [1.807, 2.05) is 18.2 Å². The van der Waals surface area contributed by atoms with Gasteiger partial charge in [-0.3, -0.25) is 9.59 Å². The molecular weight excluding hydrogens is 306 g/mol. The lowest BCUT2D eigenvalue weighted by Gasteiger charge is -2.09. The Morgan fingerprint density at radius 3 is 2.37 bits per heavy atom. The molecule has 0 aliphatic heterocycles. The van der Waals surface area contributed by atoms with Crippen molar-refractivity contribution in [3.05, 3.63) is 64.1 Å². The molecule has 2 aromatic rings. The smallest absolute Gasteiger partial charge is 0.221 e. The molecule has 1 N–H and O–H groups in total. The van der Waals surface area contributed by atoms with E-state index >= 15 is 0 Å². The standard InChI is InChI=1S/C15H12BrNO2/c1-10(18)17-14-8-7-12(16)9-13(14)15(19)11-5-3-2-4-6-11/h2-9H,1H3,(H,17,18). The summed E-state index contributed by atoms with van der Waals surface area (Å²) in [5.41, 5.74) is 1.58. The van der Waals surface area contributed by atoms with Crippen molar-refractivity contribution in [3.8, 4) is 0 Å². The Morgan fingerprint density at radius 1 is 1.05 bits per heavy atom. The monoisotopic (exact) mass is 317 g/mol. The van der Waals surface area contributed by atoms with E-state index in [1.54, 1.807) is 30.3 Å². The van der Waals surface area contributed by atoms with Gasteiger partial charge in [0.2, 0.25) is 5.91 Å². The Hall–Kier alpha value is -1.94. The minimum atomic E-state index is -0.204. The molecule has 96 valence electrons. The summed E-state index contributed by atoms with van der Waals surface area (Å²) in [6.07, 6.45) is 0. The van der Waals surface area contributed by atoms with E-state index in [0.29, 0.717) is 16.8 Å². The van der Waals surface area contributed by atoms with Crippen LogP contribution in [-0.4, -0.2) is 11.7 Å². The highest BCUT2D eigenvalue weighted by molar-refractivity contribution is 9.10. The summed E-state index contributed by atoms with van der Waals surface area (Å²) >= 11 is 3.34. The van der Waals surface area contributed by atoms with Crippen molar-refractivity contribution >= 4 is 33.3 Å². The van der Waals surface area contributed by atoms with Crippen LogP contribution in [0.25, 0.3) is 0 Å². The third-order valence-electron chi connectivity index (χ3n) is 2.57. The maximum atomic E-state index is 12.4. The van der Waals surface area contributed by atoms with Gasteiger partial charge in [0.15, 0.2) is 5.78 Å². The summed E-state index contributed by atoms with van der Waals surface area (Å²) < 4.78 is 0.792. The maximum absolute atomic E-state index is 12.4. The average Bonchev–Trinajstić information content (AvgIpc) is 2.40. The largest absolute Gasteiger partial charge is 0.326 e. The number of rotatable bonds is 3. The summed E-state index contributed by atoms with van der Waals surface area (Å²) in [5.74, 6) is -0.324. The molecule has 0 aliphatic carbocycles. The zero-order valence-electron chi connectivity index (χ0n) is 10.3. The van der Waals surface area contributed by atoms with Crippen molar-refractivity contribution in [1.29, 1.82) is 0 Å². The van der Waals surface area contributed by atoms with Crippen LogP contribution in [0.3, 0.4) is 0 Å². The number of carbonyl (C=O) groups is 2. The van der Waals surface area contributed by atoms with Gasteiger partial charge >= 0.3 is 0 Å².